The lowest BCUT2D eigenvalue weighted by molar-refractivity contribution is -0.385. The summed E-state index contributed by atoms with van der Waals surface area (Å²) in [5.41, 5.74) is 1.55. The third-order valence-electron chi connectivity index (χ3n) is 2.36. The van der Waals surface area contributed by atoms with Gasteiger partial charge in [0.05, 0.1) is 11.0 Å². The van der Waals surface area contributed by atoms with E-state index >= 15 is 0 Å². The van der Waals surface area contributed by atoms with Crippen LogP contribution < -0.4 is 0 Å². The molecule has 0 spiro atoms. The largest absolute Gasteiger partial charge is 0.393 e. The van der Waals surface area contributed by atoms with E-state index in [4.69, 9.17) is 0 Å². The minimum Gasteiger partial charge on any atom is -0.393 e. The second kappa shape index (κ2) is 4.89. The third kappa shape index (κ3) is 3.02. The Morgan fingerprint density at radius 2 is 2.20 bits per heavy atom. The van der Waals surface area contributed by atoms with Gasteiger partial charge < -0.3 is 5.11 Å². The van der Waals surface area contributed by atoms with Crippen LogP contribution >= 0.6 is 0 Å². The van der Waals surface area contributed by atoms with E-state index in [-0.39, 0.29) is 5.69 Å². The lowest BCUT2D eigenvalue weighted by atomic mass is 10.0. The molecule has 82 valence electrons. The van der Waals surface area contributed by atoms with Crippen molar-refractivity contribution in [2.45, 2.75) is 32.8 Å². The highest BCUT2D eigenvalue weighted by atomic mass is 16.6. The number of nitro groups is 1. The fraction of sp³-hybridized carbons (Fsp3) is 0.455. The van der Waals surface area contributed by atoms with Crippen molar-refractivity contribution in [3.05, 3.63) is 39.4 Å². The molecule has 0 aliphatic rings. The van der Waals surface area contributed by atoms with Crippen LogP contribution in [0.1, 0.15) is 24.5 Å². The van der Waals surface area contributed by atoms with Gasteiger partial charge in [0.25, 0.3) is 5.69 Å². The lowest BCUT2D eigenvalue weighted by Gasteiger charge is -2.08. The molecule has 4 heteroatoms. The molecule has 1 N–H and O–H groups in total. The van der Waals surface area contributed by atoms with Gasteiger partial charge in [-0.15, -0.1) is 0 Å². The molecule has 0 saturated carbocycles. The Labute approximate surface area is 88.7 Å². The van der Waals surface area contributed by atoms with Crippen molar-refractivity contribution in [1.29, 1.82) is 0 Å². The summed E-state index contributed by atoms with van der Waals surface area (Å²) in [5, 5.41) is 20.2. The van der Waals surface area contributed by atoms with Crippen LogP contribution in [-0.2, 0) is 6.42 Å². The normalized spacial score (nSPS) is 12.5. The SMILES string of the molecule is CCC(O)Cc1ccc(C)cc1[N+](=O)[O-]. The van der Waals surface area contributed by atoms with Crippen LogP contribution in [0.2, 0.25) is 0 Å². The van der Waals surface area contributed by atoms with Crippen LogP contribution in [0.4, 0.5) is 5.69 Å². The maximum atomic E-state index is 10.8. The maximum Gasteiger partial charge on any atom is 0.272 e. The first-order valence-electron chi connectivity index (χ1n) is 4.96. The first kappa shape index (κ1) is 11.7. The molecule has 4 nitrogen and oxygen atoms in total. The zero-order valence-corrected chi connectivity index (χ0v) is 8.93. The molecule has 0 amide bonds. The van der Waals surface area contributed by atoms with Gasteiger partial charge in [-0.1, -0.05) is 19.1 Å². The minimum absolute atomic E-state index is 0.0995. The molecule has 1 aromatic rings. The van der Waals surface area contributed by atoms with E-state index in [1.165, 1.54) is 6.07 Å². The van der Waals surface area contributed by atoms with Gasteiger partial charge in [-0.25, -0.2) is 0 Å². The van der Waals surface area contributed by atoms with Gasteiger partial charge >= 0.3 is 0 Å². The van der Waals surface area contributed by atoms with E-state index in [1.54, 1.807) is 6.07 Å². The Balaban J connectivity index is 3.01. The van der Waals surface area contributed by atoms with Gasteiger partial charge in [0.2, 0.25) is 0 Å². The summed E-state index contributed by atoms with van der Waals surface area (Å²) >= 11 is 0. The molecule has 1 rings (SSSR count). The Morgan fingerprint density at radius 1 is 1.53 bits per heavy atom. The van der Waals surface area contributed by atoms with Gasteiger partial charge in [0.15, 0.2) is 0 Å². The predicted molar refractivity (Wildman–Crippen MR) is 57.8 cm³/mol. The quantitative estimate of drug-likeness (QED) is 0.610. The number of hydrogen-bond donors (Lipinski definition) is 1. The molecule has 15 heavy (non-hydrogen) atoms. The molecular formula is C11H15NO3. The number of rotatable bonds is 4. The van der Waals surface area contributed by atoms with Crippen LogP contribution in [-0.4, -0.2) is 16.1 Å². The Hall–Kier alpha value is -1.42. The number of hydrogen-bond acceptors (Lipinski definition) is 3. The van der Waals surface area contributed by atoms with Gasteiger partial charge in [-0.3, -0.25) is 10.1 Å². The highest BCUT2D eigenvalue weighted by molar-refractivity contribution is 5.43. The van der Waals surface area contributed by atoms with Crippen molar-refractivity contribution in [1.82, 2.24) is 0 Å². The molecule has 0 bridgehead atoms. The Bertz CT molecular complexity index is 363. The molecule has 1 aromatic carbocycles. The Morgan fingerprint density at radius 3 is 2.73 bits per heavy atom. The first-order chi connectivity index (χ1) is 7.04. The summed E-state index contributed by atoms with van der Waals surface area (Å²) in [7, 11) is 0. The van der Waals surface area contributed by atoms with Crippen LogP contribution in [0.25, 0.3) is 0 Å². The maximum absolute atomic E-state index is 10.8. The molecule has 0 fully saturated rings. The second-order valence-electron chi connectivity index (χ2n) is 3.66. The Kier molecular flexibility index (Phi) is 3.80. The van der Waals surface area contributed by atoms with Crippen molar-refractivity contribution in [2.24, 2.45) is 0 Å². The third-order valence-corrected chi connectivity index (χ3v) is 2.36. The summed E-state index contributed by atoms with van der Waals surface area (Å²) in [6.45, 7) is 3.66. The minimum atomic E-state index is -0.508. The molecule has 0 radical (unpaired) electrons. The van der Waals surface area contributed by atoms with E-state index < -0.39 is 11.0 Å². The van der Waals surface area contributed by atoms with Gasteiger partial charge in [-0.2, -0.15) is 0 Å². The average molecular weight is 209 g/mol. The number of aryl methyl sites for hydroxylation is 1. The molecule has 0 aliphatic heterocycles. The average Bonchev–Trinajstić information content (AvgIpc) is 2.20. The fourth-order valence-corrected chi connectivity index (χ4v) is 1.41. The zero-order chi connectivity index (χ0) is 11.4. The number of nitrogens with zero attached hydrogens (tertiary/aromatic N) is 1. The second-order valence-corrected chi connectivity index (χ2v) is 3.66. The van der Waals surface area contributed by atoms with Crippen LogP contribution in [0, 0.1) is 17.0 Å². The van der Waals surface area contributed by atoms with E-state index in [0.717, 1.165) is 5.56 Å². The summed E-state index contributed by atoms with van der Waals surface area (Å²) < 4.78 is 0. The molecule has 1 unspecified atom stereocenters. The van der Waals surface area contributed by atoms with E-state index in [1.807, 2.05) is 19.9 Å². The smallest absolute Gasteiger partial charge is 0.272 e. The van der Waals surface area contributed by atoms with Gasteiger partial charge in [0, 0.05) is 18.1 Å². The van der Waals surface area contributed by atoms with Crippen molar-refractivity contribution in [3.63, 3.8) is 0 Å². The van der Waals surface area contributed by atoms with Crippen LogP contribution in [0.15, 0.2) is 18.2 Å². The van der Waals surface area contributed by atoms with Gasteiger partial charge in [-0.05, 0) is 18.9 Å². The molecule has 0 aromatic heterocycles. The van der Waals surface area contributed by atoms with E-state index in [0.29, 0.717) is 18.4 Å². The number of aliphatic hydroxyl groups excluding tert-OH is 1. The van der Waals surface area contributed by atoms with Crippen molar-refractivity contribution < 1.29 is 10.0 Å². The van der Waals surface area contributed by atoms with E-state index in [2.05, 4.69) is 0 Å². The molecular weight excluding hydrogens is 194 g/mol. The summed E-state index contributed by atoms with van der Waals surface area (Å²) in [6, 6.07) is 5.08. The zero-order valence-electron chi connectivity index (χ0n) is 8.93. The number of nitro benzene ring substituents is 1. The molecule has 1 atom stereocenters. The standard InChI is InChI=1S/C11H15NO3/c1-3-10(13)7-9-5-4-8(2)6-11(9)12(14)15/h4-6,10,13H,3,7H2,1-2H3. The lowest BCUT2D eigenvalue weighted by Crippen LogP contribution is -2.10. The topological polar surface area (TPSA) is 63.4 Å². The van der Waals surface area contributed by atoms with Crippen molar-refractivity contribution in [3.8, 4) is 0 Å². The highest BCUT2D eigenvalue weighted by Crippen LogP contribution is 2.21. The highest BCUT2D eigenvalue weighted by Gasteiger charge is 2.15. The predicted octanol–water partition coefficient (Wildman–Crippen LogP) is 2.22. The van der Waals surface area contributed by atoms with Crippen molar-refractivity contribution >= 4 is 5.69 Å². The first-order valence-corrected chi connectivity index (χ1v) is 4.96. The van der Waals surface area contributed by atoms with Gasteiger partial charge in [0.1, 0.15) is 0 Å². The number of aliphatic hydroxyl groups is 1. The summed E-state index contributed by atoms with van der Waals surface area (Å²) in [4.78, 5) is 10.4. The van der Waals surface area contributed by atoms with Crippen LogP contribution in [0.3, 0.4) is 0 Å². The van der Waals surface area contributed by atoms with E-state index in [9.17, 15) is 15.2 Å². The molecule has 0 aliphatic carbocycles. The molecule has 0 saturated heterocycles. The number of benzene rings is 1. The summed E-state index contributed by atoms with van der Waals surface area (Å²) in [6.07, 6.45) is 0.435. The monoisotopic (exact) mass is 209 g/mol. The van der Waals surface area contributed by atoms with Crippen LogP contribution in [0.5, 0.6) is 0 Å². The fourth-order valence-electron chi connectivity index (χ4n) is 1.41. The molecule has 0 heterocycles. The summed E-state index contributed by atoms with van der Waals surface area (Å²) in [5.74, 6) is 0. The van der Waals surface area contributed by atoms with Crippen molar-refractivity contribution in [2.75, 3.05) is 0 Å².